The number of fused-ring (bicyclic) bond motifs is 2. The molecular formula is C25H20F2N6O5. The SMILES string of the molecule is CC(F)Oc1ccc(CNC(=O)c2cc(C(=O)NCc3ccc4oc(=O)[nH]c4c3)nc3c(F)cnn23)cc1. The molecule has 1 unspecified atom stereocenters. The molecule has 0 fully saturated rings. The van der Waals surface area contributed by atoms with E-state index in [-0.39, 0.29) is 30.1 Å². The molecule has 0 saturated heterocycles. The fourth-order valence-electron chi connectivity index (χ4n) is 3.74. The number of H-pyrrole nitrogens is 1. The maximum Gasteiger partial charge on any atom is 0.417 e. The van der Waals surface area contributed by atoms with Crippen LogP contribution in [0.2, 0.25) is 0 Å². The number of amides is 2. The highest BCUT2D eigenvalue weighted by Gasteiger charge is 2.20. The first-order valence-corrected chi connectivity index (χ1v) is 11.4. The molecule has 0 saturated carbocycles. The Balaban J connectivity index is 1.32. The van der Waals surface area contributed by atoms with E-state index in [1.807, 2.05) is 0 Å². The van der Waals surface area contributed by atoms with E-state index in [2.05, 4.69) is 25.7 Å². The zero-order chi connectivity index (χ0) is 26.8. The number of carbonyl (C=O) groups excluding carboxylic acids is 2. The summed E-state index contributed by atoms with van der Waals surface area (Å²) in [6, 6.07) is 12.6. The standard InChI is InChI=1S/C25H20F2N6O5/c1-13(26)37-16-5-2-14(3-6-16)10-29-24(35)20-9-19(31-22-17(27)12-30-33(20)22)23(34)28-11-15-4-7-21-18(8-15)32-25(36)38-21/h2-9,12-13H,10-11H2,1H3,(H,28,34)(H,29,35)(H,32,36). The minimum Gasteiger partial charge on any atom is -0.461 e. The number of hydrogen-bond donors (Lipinski definition) is 3. The fourth-order valence-corrected chi connectivity index (χ4v) is 3.74. The number of benzene rings is 2. The zero-order valence-electron chi connectivity index (χ0n) is 19.8. The van der Waals surface area contributed by atoms with Crippen LogP contribution in [0.1, 0.15) is 39.0 Å². The van der Waals surface area contributed by atoms with Crippen molar-refractivity contribution in [1.29, 1.82) is 0 Å². The maximum atomic E-state index is 14.3. The molecule has 194 valence electrons. The van der Waals surface area contributed by atoms with Gasteiger partial charge in [-0.3, -0.25) is 14.6 Å². The van der Waals surface area contributed by atoms with E-state index in [9.17, 15) is 23.2 Å². The summed E-state index contributed by atoms with van der Waals surface area (Å²) >= 11 is 0. The molecule has 3 heterocycles. The average Bonchev–Trinajstić information content (AvgIpc) is 3.46. The smallest absolute Gasteiger partial charge is 0.417 e. The van der Waals surface area contributed by atoms with Gasteiger partial charge in [0.05, 0.1) is 11.7 Å². The Kier molecular flexibility index (Phi) is 6.56. The van der Waals surface area contributed by atoms with E-state index in [4.69, 9.17) is 9.15 Å². The number of oxazole rings is 1. The van der Waals surface area contributed by atoms with Gasteiger partial charge in [0.25, 0.3) is 11.8 Å². The second-order valence-corrected chi connectivity index (χ2v) is 8.27. The van der Waals surface area contributed by atoms with Crippen molar-refractivity contribution >= 4 is 28.6 Å². The van der Waals surface area contributed by atoms with E-state index in [1.54, 1.807) is 42.5 Å². The van der Waals surface area contributed by atoms with Crippen molar-refractivity contribution in [1.82, 2.24) is 30.2 Å². The molecule has 0 bridgehead atoms. The van der Waals surface area contributed by atoms with Crippen molar-refractivity contribution in [3.05, 3.63) is 93.6 Å². The molecule has 5 aromatic rings. The molecule has 0 aliphatic rings. The van der Waals surface area contributed by atoms with Crippen LogP contribution >= 0.6 is 0 Å². The summed E-state index contributed by atoms with van der Waals surface area (Å²) in [5.74, 6) is -2.33. The number of halogens is 2. The summed E-state index contributed by atoms with van der Waals surface area (Å²) in [6.07, 6.45) is -0.562. The lowest BCUT2D eigenvalue weighted by atomic mass is 10.2. The van der Waals surface area contributed by atoms with E-state index in [0.717, 1.165) is 10.7 Å². The summed E-state index contributed by atoms with van der Waals surface area (Å²) in [7, 11) is 0. The van der Waals surface area contributed by atoms with Gasteiger partial charge in [-0.25, -0.2) is 23.1 Å². The van der Waals surface area contributed by atoms with Crippen molar-refractivity contribution in [2.75, 3.05) is 0 Å². The lowest BCUT2D eigenvalue weighted by Gasteiger charge is -2.11. The van der Waals surface area contributed by atoms with Gasteiger partial charge in [-0.15, -0.1) is 0 Å². The minimum atomic E-state index is -1.46. The van der Waals surface area contributed by atoms with Crippen molar-refractivity contribution in [3.63, 3.8) is 0 Å². The number of ether oxygens (including phenoxy) is 1. The number of rotatable bonds is 8. The number of nitrogens with one attached hydrogen (secondary N) is 3. The van der Waals surface area contributed by atoms with Gasteiger partial charge in [0.1, 0.15) is 17.1 Å². The number of aromatic nitrogens is 4. The predicted octanol–water partition coefficient (Wildman–Crippen LogP) is 2.86. The van der Waals surface area contributed by atoms with Gasteiger partial charge in [-0.2, -0.15) is 5.10 Å². The summed E-state index contributed by atoms with van der Waals surface area (Å²) in [5.41, 5.74) is 1.62. The number of hydrogen-bond acceptors (Lipinski definition) is 7. The Morgan fingerprint density at radius 1 is 1.08 bits per heavy atom. The Bertz CT molecular complexity index is 1710. The lowest BCUT2D eigenvalue weighted by Crippen LogP contribution is -2.28. The molecule has 5 rings (SSSR count). The van der Waals surface area contributed by atoms with Gasteiger partial charge in [-0.05, 0) is 35.4 Å². The molecule has 0 aliphatic carbocycles. The largest absolute Gasteiger partial charge is 0.461 e. The van der Waals surface area contributed by atoms with Crippen molar-refractivity contribution in [2.45, 2.75) is 26.4 Å². The molecule has 3 N–H and O–H groups in total. The maximum absolute atomic E-state index is 14.3. The van der Waals surface area contributed by atoms with Crippen LogP contribution in [0.4, 0.5) is 8.78 Å². The summed E-state index contributed by atoms with van der Waals surface area (Å²) in [6.45, 7) is 1.43. The monoisotopic (exact) mass is 522 g/mol. The van der Waals surface area contributed by atoms with E-state index >= 15 is 0 Å². The van der Waals surface area contributed by atoms with E-state index in [1.165, 1.54) is 13.0 Å². The first kappa shape index (κ1) is 24.6. The Morgan fingerprint density at radius 3 is 2.55 bits per heavy atom. The second kappa shape index (κ2) is 10.1. The van der Waals surface area contributed by atoms with Crippen molar-refractivity contribution in [2.24, 2.45) is 0 Å². The Labute approximate surface area is 212 Å². The lowest BCUT2D eigenvalue weighted by molar-refractivity contribution is 0.0860. The third-order valence-corrected chi connectivity index (χ3v) is 5.51. The molecule has 2 aromatic carbocycles. The van der Waals surface area contributed by atoms with Gasteiger partial charge in [0.2, 0.25) is 6.36 Å². The van der Waals surface area contributed by atoms with Crippen LogP contribution in [0.15, 0.2) is 63.9 Å². The van der Waals surface area contributed by atoms with Crippen LogP contribution in [0.25, 0.3) is 16.7 Å². The normalized spacial score (nSPS) is 12.0. The molecule has 0 spiro atoms. The molecule has 3 aromatic heterocycles. The Morgan fingerprint density at radius 2 is 1.79 bits per heavy atom. The number of nitrogens with zero attached hydrogens (tertiary/aromatic N) is 3. The van der Waals surface area contributed by atoms with E-state index in [0.29, 0.717) is 28.0 Å². The van der Waals surface area contributed by atoms with Crippen LogP contribution in [0.3, 0.4) is 0 Å². The predicted molar refractivity (Wildman–Crippen MR) is 130 cm³/mol. The molecule has 13 heteroatoms. The molecule has 38 heavy (non-hydrogen) atoms. The van der Waals surface area contributed by atoms with Crippen LogP contribution in [0.5, 0.6) is 5.75 Å². The highest BCUT2D eigenvalue weighted by atomic mass is 19.1. The Hall–Kier alpha value is -5.07. The molecule has 1 atom stereocenters. The van der Waals surface area contributed by atoms with Gasteiger partial charge >= 0.3 is 5.76 Å². The third-order valence-electron chi connectivity index (χ3n) is 5.51. The summed E-state index contributed by atoms with van der Waals surface area (Å²) < 4.78 is 38.2. The first-order chi connectivity index (χ1) is 18.3. The summed E-state index contributed by atoms with van der Waals surface area (Å²) in [4.78, 5) is 43.7. The van der Waals surface area contributed by atoms with Gasteiger partial charge in [0.15, 0.2) is 17.0 Å². The first-order valence-electron chi connectivity index (χ1n) is 11.4. The minimum absolute atomic E-state index is 0.0685. The highest BCUT2D eigenvalue weighted by molar-refractivity contribution is 5.98. The number of alkyl halides is 1. The number of carbonyl (C=O) groups is 2. The highest BCUT2D eigenvalue weighted by Crippen LogP contribution is 2.16. The third kappa shape index (κ3) is 5.21. The van der Waals surface area contributed by atoms with Crippen LogP contribution in [0, 0.1) is 5.82 Å². The van der Waals surface area contributed by atoms with Gasteiger partial charge < -0.3 is 19.8 Å². The average molecular weight is 522 g/mol. The van der Waals surface area contributed by atoms with Gasteiger partial charge in [0, 0.05) is 26.1 Å². The molecule has 11 nitrogen and oxygen atoms in total. The summed E-state index contributed by atoms with van der Waals surface area (Å²) in [5, 5.41) is 9.20. The molecule has 0 radical (unpaired) electrons. The topological polar surface area (TPSA) is 144 Å². The number of aromatic amines is 1. The molecule has 0 aliphatic heterocycles. The van der Waals surface area contributed by atoms with E-state index < -0.39 is 29.7 Å². The molecular weight excluding hydrogens is 502 g/mol. The van der Waals surface area contributed by atoms with Crippen LogP contribution in [-0.4, -0.2) is 37.8 Å². The molecule has 2 amide bonds. The van der Waals surface area contributed by atoms with Crippen LogP contribution in [-0.2, 0) is 13.1 Å². The second-order valence-electron chi connectivity index (χ2n) is 8.27. The van der Waals surface area contributed by atoms with Crippen LogP contribution < -0.4 is 21.1 Å². The fraction of sp³-hybridized carbons (Fsp3) is 0.160. The van der Waals surface area contributed by atoms with Gasteiger partial charge in [-0.1, -0.05) is 18.2 Å². The van der Waals surface area contributed by atoms with Crippen molar-refractivity contribution < 1.29 is 27.5 Å². The van der Waals surface area contributed by atoms with Crippen molar-refractivity contribution in [3.8, 4) is 5.75 Å². The zero-order valence-corrected chi connectivity index (χ0v) is 19.8. The quantitative estimate of drug-likeness (QED) is 0.284.